The molecule has 4 fully saturated rings. The molecule has 4 saturated heterocycles. The number of nitrogens with two attached hydrogens (primary N) is 1. The lowest BCUT2D eigenvalue weighted by Crippen LogP contribution is -2.68. The minimum Gasteiger partial charge on any atom is -0.394 e. The van der Waals surface area contributed by atoms with E-state index in [1.54, 1.807) is 0 Å². The molecular weight excluding hydrogens is 710 g/mol. The molecule has 0 aliphatic carbocycles. The number of ether oxygens (including phenoxy) is 8. The van der Waals surface area contributed by atoms with Crippen molar-refractivity contribution >= 4 is 0 Å². The highest BCUT2D eigenvalue weighted by Crippen LogP contribution is 2.35. The van der Waals surface area contributed by atoms with E-state index in [0.717, 1.165) is 12.8 Å². The maximum absolute atomic E-state index is 11.7. The van der Waals surface area contributed by atoms with Crippen molar-refractivity contribution in [2.45, 2.75) is 149 Å². The number of hydrogen-bond acceptors (Lipinski definition) is 22. The Bertz CT molecular complexity index is 1030. The Balaban J connectivity index is 1.62. The van der Waals surface area contributed by atoms with Crippen molar-refractivity contribution in [3.05, 3.63) is 0 Å². The molecule has 0 bridgehead atoms. The average molecular weight is 766 g/mol. The van der Waals surface area contributed by atoms with Gasteiger partial charge in [0, 0.05) is 6.61 Å². The van der Waals surface area contributed by atoms with Crippen LogP contribution in [0.4, 0.5) is 0 Å². The van der Waals surface area contributed by atoms with Crippen molar-refractivity contribution < 1.29 is 104 Å². The van der Waals surface area contributed by atoms with E-state index in [1.165, 1.54) is 0 Å². The van der Waals surface area contributed by atoms with E-state index in [2.05, 4.69) is 0 Å². The third-order valence-corrected chi connectivity index (χ3v) is 9.57. The minimum absolute atomic E-state index is 0.0368. The molecule has 0 aromatic heterocycles. The molecule has 0 radical (unpaired) electrons. The first-order valence-electron chi connectivity index (χ1n) is 17.3. The van der Waals surface area contributed by atoms with E-state index in [-0.39, 0.29) is 6.61 Å². The molecule has 22 heteroatoms. The maximum atomic E-state index is 11.7. The van der Waals surface area contributed by atoms with E-state index in [1.807, 2.05) is 0 Å². The van der Waals surface area contributed by atoms with Crippen LogP contribution in [-0.4, -0.2) is 229 Å². The third-order valence-electron chi connectivity index (χ3n) is 9.57. The van der Waals surface area contributed by atoms with Gasteiger partial charge in [0.1, 0.15) is 97.7 Å². The van der Waals surface area contributed by atoms with Gasteiger partial charge in [-0.25, -0.2) is 0 Å². The van der Waals surface area contributed by atoms with E-state index in [4.69, 9.17) is 43.6 Å². The first kappa shape index (κ1) is 43.8. The van der Waals surface area contributed by atoms with Crippen LogP contribution in [0.25, 0.3) is 0 Å². The summed E-state index contributed by atoms with van der Waals surface area (Å²) in [6.45, 7) is -2.74. The summed E-state index contributed by atoms with van der Waals surface area (Å²) < 4.78 is 45.9. The summed E-state index contributed by atoms with van der Waals surface area (Å²) in [4.78, 5) is 0. The molecule has 0 saturated carbocycles. The van der Waals surface area contributed by atoms with Gasteiger partial charge in [-0.05, 0) is 19.4 Å². The Kier molecular flexibility index (Phi) is 17.1. The van der Waals surface area contributed by atoms with Crippen molar-refractivity contribution in [3.8, 4) is 0 Å². The second kappa shape index (κ2) is 20.3. The molecule has 15 N–H and O–H groups in total. The van der Waals surface area contributed by atoms with Crippen LogP contribution in [0.1, 0.15) is 25.7 Å². The summed E-state index contributed by atoms with van der Waals surface area (Å²) in [7, 11) is 0. The Hall–Kier alpha value is -0.880. The number of rotatable bonds is 17. The van der Waals surface area contributed by atoms with Gasteiger partial charge in [-0.15, -0.1) is 0 Å². The van der Waals surface area contributed by atoms with E-state index in [9.17, 15) is 66.4 Å². The molecule has 306 valence electrons. The molecule has 20 atom stereocenters. The predicted octanol–water partition coefficient (Wildman–Crippen LogP) is -8.21. The van der Waals surface area contributed by atoms with Gasteiger partial charge >= 0.3 is 0 Å². The van der Waals surface area contributed by atoms with Crippen molar-refractivity contribution in [2.75, 3.05) is 39.6 Å². The topological polar surface area (TPSA) is 363 Å². The van der Waals surface area contributed by atoms with Crippen LogP contribution in [-0.2, 0) is 37.9 Å². The quantitative estimate of drug-likeness (QED) is 0.0611. The molecule has 22 nitrogen and oxygen atoms in total. The number of unbranched alkanes of at least 4 members (excludes halogenated alkanes) is 3. The molecule has 4 rings (SSSR count). The predicted molar refractivity (Wildman–Crippen MR) is 165 cm³/mol. The Labute approximate surface area is 298 Å². The molecule has 0 aromatic rings. The molecular formula is C30H55NO21. The van der Waals surface area contributed by atoms with Crippen LogP contribution >= 0.6 is 0 Å². The van der Waals surface area contributed by atoms with Gasteiger partial charge in [0.05, 0.1) is 26.4 Å². The highest BCUT2D eigenvalue weighted by atomic mass is 16.8. The number of hydrogen-bond donors (Lipinski definition) is 14. The molecule has 4 heterocycles. The van der Waals surface area contributed by atoms with Gasteiger partial charge < -0.3 is 110 Å². The molecule has 0 unspecified atom stereocenters. The Morgan fingerprint density at radius 1 is 0.385 bits per heavy atom. The molecule has 4 aliphatic heterocycles. The summed E-state index contributed by atoms with van der Waals surface area (Å²) in [5.41, 5.74) is 5.55. The standard InChI is InChI=1S/C30H55NO21/c31-5-3-1-2-4-6-45-29-26(23(44)24(14(10-35)49-29)50-27-21(42)18(39)15(36)11(7-32)46-27)52-30-25(20(41)17(38)13(9-34)48-30)51-28-22(43)19(40)16(37)12(8-33)47-28/h11-30,32-44H,1-10,31H2/t11-,12-,13-,14-,15+,16-,17-,18+,19+,20+,21-,22+,23+,24-,25+,26+,27+,28-,29+,30-/m1/s1. The lowest BCUT2D eigenvalue weighted by Gasteiger charge is -2.49. The second-order valence-electron chi connectivity index (χ2n) is 13.2. The van der Waals surface area contributed by atoms with Crippen LogP contribution in [0.3, 0.4) is 0 Å². The largest absolute Gasteiger partial charge is 0.394 e. The third kappa shape index (κ3) is 9.91. The van der Waals surface area contributed by atoms with Crippen LogP contribution in [0.15, 0.2) is 0 Å². The average Bonchev–Trinajstić information content (AvgIpc) is 3.14. The van der Waals surface area contributed by atoms with Crippen LogP contribution in [0.2, 0.25) is 0 Å². The van der Waals surface area contributed by atoms with Crippen LogP contribution in [0, 0.1) is 0 Å². The normalized spacial score (nSPS) is 47.4. The summed E-state index contributed by atoms with van der Waals surface area (Å²) in [5, 5.41) is 135. The van der Waals surface area contributed by atoms with Gasteiger partial charge in [0.25, 0.3) is 0 Å². The van der Waals surface area contributed by atoms with Crippen LogP contribution in [0.5, 0.6) is 0 Å². The van der Waals surface area contributed by atoms with E-state index in [0.29, 0.717) is 19.4 Å². The Morgan fingerprint density at radius 2 is 0.788 bits per heavy atom. The molecule has 0 spiro atoms. The number of aliphatic hydroxyl groups excluding tert-OH is 13. The summed E-state index contributed by atoms with van der Waals surface area (Å²) in [6, 6.07) is 0. The van der Waals surface area contributed by atoms with Crippen molar-refractivity contribution in [1.29, 1.82) is 0 Å². The van der Waals surface area contributed by atoms with Gasteiger partial charge in [0.2, 0.25) is 0 Å². The second-order valence-corrected chi connectivity index (χ2v) is 13.2. The minimum atomic E-state index is -1.96. The van der Waals surface area contributed by atoms with Crippen LogP contribution < -0.4 is 5.73 Å². The molecule has 0 aromatic carbocycles. The summed E-state index contributed by atoms with van der Waals surface area (Å²) in [5.74, 6) is 0. The first-order chi connectivity index (χ1) is 24.8. The fourth-order valence-corrected chi connectivity index (χ4v) is 6.42. The molecule has 52 heavy (non-hydrogen) atoms. The number of aliphatic hydroxyl groups is 13. The fraction of sp³-hybridized carbons (Fsp3) is 1.00. The highest BCUT2D eigenvalue weighted by molar-refractivity contribution is 4.98. The van der Waals surface area contributed by atoms with Crippen molar-refractivity contribution in [2.24, 2.45) is 5.73 Å². The lowest BCUT2D eigenvalue weighted by molar-refractivity contribution is -0.402. The fourth-order valence-electron chi connectivity index (χ4n) is 6.42. The van der Waals surface area contributed by atoms with E-state index >= 15 is 0 Å². The summed E-state index contributed by atoms with van der Waals surface area (Å²) >= 11 is 0. The van der Waals surface area contributed by atoms with Crippen molar-refractivity contribution in [3.63, 3.8) is 0 Å². The highest BCUT2D eigenvalue weighted by Gasteiger charge is 2.56. The van der Waals surface area contributed by atoms with Crippen molar-refractivity contribution in [1.82, 2.24) is 0 Å². The SMILES string of the molecule is NCCCCCCO[C@H]1O[C@H](CO)[C@@H](O[C@@H]2O[C@H](CO)[C@H](O)[C@H](O)[C@H]2O)[C@H](O)[C@@H]1O[C@H]1O[C@H](CO)[C@@H](O)[C@H](O)[C@@H]1O[C@H]1O[C@H](CO)[C@@H](O)[C@H](O)[C@@H]1O. The zero-order valence-electron chi connectivity index (χ0n) is 28.3. The van der Waals surface area contributed by atoms with Gasteiger partial charge in [0.15, 0.2) is 25.2 Å². The lowest BCUT2D eigenvalue weighted by atomic mass is 9.95. The van der Waals surface area contributed by atoms with E-state index < -0.39 is 149 Å². The first-order valence-corrected chi connectivity index (χ1v) is 17.3. The van der Waals surface area contributed by atoms with Gasteiger partial charge in [-0.3, -0.25) is 0 Å². The zero-order valence-corrected chi connectivity index (χ0v) is 28.3. The smallest absolute Gasteiger partial charge is 0.187 e. The monoisotopic (exact) mass is 765 g/mol. The maximum Gasteiger partial charge on any atom is 0.187 e. The summed E-state index contributed by atoms with van der Waals surface area (Å²) in [6.07, 6.45) is -32.0. The molecule has 4 aliphatic rings. The Morgan fingerprint density at radius 3 is 1.29 bits per heavy atom. The zero-order chi connectivity index (χ0) is 38.3. The van der Waals surface area contributed by atoms with Gasteiger partial charge in [-0.2, -0.15) is 0 Å². The molecule has 0 amide bonds. The van der Waals surface area contributed by atoms with Gasteiger partial charge in [-0.1, -0.05) is 12.8 Å².